The fourth-order valence-corrected chi connectivity index (χ4v) is 4.95. The van der Waals surface area contributed by atoms with Crippen molar-refractivity contribution in [1.82, 2.24) is 28.9 Å². The van der Waals surface area contributed by atoms with Crippen molar-refractivity contribution < 1.29 is 9.29 Å². The summed E-state index contributed by atoms with van der Waals surface area (Å²) in [5, 5.41) is 9.16. The Balaban J connectivity index is 1.49. The number of hydrogen-bond acceptors (Lipinski definition) is 7. The summed E-state index contributed by atoms with van der Waals surface area (Å²) in [6, 6.07) is 6.31. The van der Waals surface area contributed by atoms with Crippen LogP contribution in [0.4, 0.5) is 5.95 Å². The molecule has 0 amide bonds. The summed E-state index contributed by atoms with van der Waals surface area (Å²) in [6.45, 7) is 6.44. The number of ether oxygens (including phenoxy) is 1. The maximum atomic E-state index is 11.7. The molecule has 9 nitrogen and oxygen atoms in total. The third kappa shape index (κ3) is 4.50. The van der Waals surface area contributed by atoms with Crippen LogP contribution in [-0.2, 0) is 11.4 Å². The van der Waals surface area contributed by atoms with E-state index in [-0.39, 0.29) is 6.04 Å². The molecule has 5 heterocycles. The second-order valence-electron chi connectivity index (χ2n) is 8.84. The normalized spacial score (nSPS) is 16.6. The third-order valence-electron chi connectivity index (χ3n) is 5.92. The van der Waals surface area contributed by atoms with Gasteiger partial charge in [-0.25, -0.2) is 9.50 Å². The molecule has 0 aliphatic carbocycles. The molecular formula is C23H29N7O2S. The molecule has 2 N–H and O–H groups in total. The highest BCUT2D eigenvalue weighted by Gasteiger charge is 2.26. The zero-order valence-corrected chi connectivity index (χ0v) is 19.9. The van der Waals surface area contributed by atoms with Crippen molar-refractivity contribution >= 4 is 34.0 Å². The first kappa shape index (κ1) is 22.0. The SMILES string of the molecule is CC(C)COc1c(-c2ccnc3[nH]ccc23)ccn2nc(NC3CCN([S+](C)[O-])CC3)nc12. The van der Waals surface area contributed by atoms with Gasteiger partial charge in [-0.05, 0) is 42.5 Å². The number of nitrogens with zero attached hydrogens (tertiary/aromatic N) is 5. The van der Waals surface area contributed by atoms with E-state index in [1.54, 1.807) is 17.0 Å². The van der Waals surface area contributed by atoms with Gasteiger partial charge in [0.15, 0.2) is 11.4 Å². The molecule has 4 aromatic heterocycles. The van der Waals surface area contributed by atoms with Crippen LogP contribution in [0.1, 0.15) is 26.7 Å². The molecule has 33 heavy (non-hydrogen) atoms. The number of rotatable bonds is 7. The van der Waals surface area contributed by atoms with Gasteiger partial charge in [0.25, 0.3) is 0 Å². The monoisotopic (exact) mass is 467 g/mol. The van der Waals surface area contributed by atoms with E-state index >= 15 is 0 Å². The van der Waals surface area contributed by atoms with E-state index in [4.69, 9.17) is 9.72 Å². The van der Waals surface area contributed by atoms with Crippen LogP contribution in [0.2, 0.25) is 0 Å². The third-order valence-corrected chi connectivity index (χ3v) is 7.02. The van der Waals surface area contributed by atoms with Crippen LogP contribution >= 0.6 is 0 Å². The van der Waals surface area contributed by atoms with Gasteiger partial charge in [-0.3, -0.25) is 0 Å². The van der Waals surface area contributed by atoms with E-state index in [2.05, 4.69) is 34.2 Å². The lowest BCUT2D eigenvalue weighted by Gasteiger charge is -2.30. The fourth-order valence-electron chi connectivity index (χ4n) is 4.22. The van der Waals surface area contributed by atoms with Crippen molar-refractivity contribution in [3.05, 3.63) is 36.8 Å². The molecule has 1 aliphatic rings. The average molecular weight is 468 g/mol. The second kappa shape index (κ2) is 9.20. The number of fused-ring (bicyclic) bond motifs is 2. The smallest absolute Gasteiger partial charge is 0.243 e. The molecule has 10 heteroatoms. The summed E-state index contributed by atoms with van der Waals surface area (Å²) >= 11 is -0.916. The van der Waals surface area contributed by atoms with Crippen molar-refractivity contribution in [1.29, 1.82) is 0 Å². The molecule has 5 rings (SSSR count). The van der Waals surface area contributed by atoms with Crippen molar-refractivity contribution in [2.45, 2.75) is 32.7 Å². The highest BCUT2D eigenvalue weighted by molar-refractivity contribution is 7.88. The van der Waals surface area contributed by atoms with Crippen molar-refractivity contribution in [2.24, 2.45) is 5.92 Å². The Bertz CT molecular complexity index is 1240. The number of hydrogen-bond donors (Lipinski definition) is 2. The van der Waals surface area contributed by atoms with Gasteiger partial charge in [0.05, 0.1) is 6.61 Å². The predicted molar refractivity (Wildman–Crippen MR) is 131 cm³/mol. The Hall–Kier alpha value is -2.82. The number of piperidine rings is 1. The maximum Gasteiger partial charge on any atom is 0.243 e. The standard InChI is InChI=1S/C23H29N7O2S/c1-15(2)14-32-20-18(17-4-9-24-21-19(17)5-10-25-21)8-13-30-22(20)27-23(28-30)26-16-6-11-29(12-7-16)33(3)31/h4-5,8-10,13,15-16H,6-7,11-12,14H2,1-3H3,(H,24,25)(H,26,28). The van der Waals surface area contributed by atoms with Gasteiger partial charge >= 0.3 is 0 Å². The van der Waals surface area contributed by atoms with Crippen LogP contribution in [0.3, 0.4) is 0 Å². The minimum Gasteiger partial charge on any atom is -0.598 e. The summed E-state index contributed by atoms with van der Waals surface area (Å²) < 4.78 is 21.8. The van der Waals surface area contributed by atoms with Crippen LogP contribution in [-0.4, -0.2) is 65.4 Å². The molecule has 174 valence electrons. The lowest BCUT2D eigenvalue weighted by Crippen LogP contribution is -2.41. The van der Waals surface area contributed by atoms with Crippen molar-refractivity contribution in [3.8, 4) is 16.9 Å². The van der Waals surface area contributed by atoms with Gasteiger partial charge in [0.2, 0.25) is 5.95 Å². The van der Waals surface area contributed by atoms with Gasteiger partial charge < -0.3 is 19.6 Å². The van der Waals surface area contributed by atoms with E-state index in [1.165, 1.54) is 0 Å². The summed E-state index contributed by atoms with van der Waals surface area (Å²) in [4.78, 5) is 12.4. The van der Waals surface area contributed by atoms with Gasteiger partial charge in [0.1, 0.15) is 11.9 Å². The summed E-state index contributed by atoms with van der Waals surface area (Å²) in [5.41, 5.74) is 3.53. The largest absolute Gasteiger partial charge is 0.598 e. The number of anilines is 1. The number of pyridine rings is 2. The second-order valence-corrected chi connectivity index (χ2v) is 10.2. The Morgan fingerprint density at radius 2 is 2.06 bits per heavy atom. The van der Waals surface area contributed by atoms with Crippen LogP contribution in [0.25, 0.3) is 27.8 Å². The van der Waals surface area contributed by atoms with Crippen LogP contribution < -0.4 is 10.1 Å². The molecule has 0 aromatic carbocycles. The number of H-pyrrole nitrogens is 1. The minimum absolute atomic E-state index is 0.251. The van der Waals surface area contributed by atoms with Crippen molar-refractivity contribution in [3.63, 3.8) is 0 Å². The molecule has 4 aromatic rings. The lowest BCUT2D eigenvalue weighted by atomic mass is 10.0. The predicted octanol–water partition coefficient (Wildman–Crippen LogP) is 3.48. The Morgan fingerprint density at radius 3 is 2.82 bits per heavy atom. The zero-order valence-electron chi connectivity index (χ0n) is 19.1. The lowest BCUT2D eigenvalue weighted by molar-refractivity contribution is 0.273. The first-order valence-electron chi connectivity index (χ1n) is 11.3. The molecule has 1 unspecified atom stereocenters. The van der Waals surface area contributed by atoms with Gasteiger partial charge in [-0.2, -0.15) is 4.98 Å². The molecule has 0 saturated carbocycles. The van der Waals surface area contributed by atoms with E-state index in [9.17, 15) is 4.55 Å². The number of aromatic nitrogens is 5. The van der Waals surface area contributed by atoms with Gasteiger partial charge in [-0.15, -0.1) is 9.40 Å². The number of aromatic amines is 1. The van der Waals surface area contributed by atoms with Crippen LogP contribution in [0.5, 0.6) is 5.75 Å². The Labute approximate surface area is 195 Å². The number of nitrogens with one attached hydrogen (secondary N) is 2. The molecule has 0 bridgehead atoms. The summed E-state index contributed by atoms with van der Waals surface area (Å²) in [5.74, 6) is 1.67. The fraction of sp³-hybridized carbons (Fsp3) is 0.435. The highest BCUT2D eigenvalue weighted by Crippen LogP contribution is 2.37. The summed E-state index contributed by atoms with van der Waals surface area (Å²) in [6.07, 6.45) is 9.16. The quantitative estimate of drug-likeness (QED) is 0.401. The Morgan fingerprint density at radius 1 is 1.24 bits per heavy atom. The molecule has 0 radical (unpaired) electrons. The van der Waals surface area contributed by atoms with E-state index < -0.39 is 11.4 Å². The Kier molecular flexibility index (Phi) is 6.13. The molecule has 1 atom stereocenters. The molecule has 1 aliphatic heterocycles. The van der Waals surface area contributed by atoms with Crippen LogP contribution in [0.15, 0.2) is 36.8 Å². The molecule has 1 fully saturated rings. The van der Waals surface area contributed by atoms with Crippen molar-refractivity contribution in [2.75, 3.05) is 31.3 Å². The van der Waals surface area contributed by atoms with Crippen LogP contribution in [0, 0.1) is 5.92 Å². The zero-order chi connectivity index (χ0) is 22.9. The van der Waals surface area contributed by atoms with E-state index in [1.807, 2.05) is 34.9 Å². The first-order chi connectivity index (χ1) is 16.0. The molecule has 0 spiro atoms. The van der Waals surface area contributed by atoms with E-state index in [0.717, 1.165) is 53.8 Å². The highest BCUT2D eigenvalue weighted by atomic mass is 32.2. The van der Waals surface area contributed by atoms with Gasteiger partial charge in [-0.1, -0.05) is 13.8 Å². The van der Waals surface area contributed by atoms with Gasteiger partial charge in [0, 0.05) is 60.0 Å². The molecule has 1 saturated heterocycles. The molecular weight excluding hydrogens is 438 g/mol. The topological polar surface area (TPSA) is 106 Å². The maximum absolute atomic E-state index is 11.7. The van der Waals surface area contributed by atoms with E-state index in [0.29, 0.717) is 24.1 Å². The minimum atomic E-state index is -0.916. The average Bonchev–Trinajstić information content (AvgIpc) is 3.44. The summed E-state index contributed by atoms with van der Waals surface area (Å²) in [7, 11) is 0. The first-order valence-corrected chi connectivity index (χ1v) is 12.8.